The molecule has 1 aromatic rings. The van der Waals surface area contributed by atoms with Crippen LogP contribution in [0.25, 0.3) is 0 Å². The number of ether oxygens (including phenoxy) is 1. The van der Waals surface area contributed by atoms with Crippen molar-refractivity contribution >= 4 is 16.3 Å². The molecule has 0 aliphatic carbocycles. The monoisotopic (exact) mass is 271 g/mol. The Kier molecular flexibility index (Phi) is 4.28. The summed E-state index contributed by atoms with van der Waals surface area (Å²) < 4.78 is 5.58. The van der Waals surface area contributed by atoms with Crippen molar-refractivity contribution in [2.24, 2.45) is 5.73 Å². The van der Waals surface area contributed by atoms with Crippen LogP contribution >= 0.6 is 11.3 Å². The van der Waals surface area contributed by atoms with Crippen LogP contribution in [0.3, 0.4) is 0 Å². The van der Waals surface area contributed by atoms with Gasteiger partial charge in [0, 0.05) is 37.1 Å². The Morgan fingerprint density at radius 3 is 3.17 bits per heavy atom. The first kappa shape index (κ1) is 13.4. The molecule has 1 fully saturated rings. The Labute approximate surface area is 109 Å². The number of hydrogen-bond donors (Lipinski definition) is 1. The number of morpholine rings is 1. The average molecular weight is 271 g/mol. The molecule has 1 saturated heterocycles. The fraction of sp³-hybridized carbons (Fsp3) is 0.636. The first-order valence-electron chi connectivity index (χ1n) is 5.87. The average Bonchev–Trinajstić information content (AvgIpc) is 2.78. The summed E-state index contributed by atoms with van der Waals surface area (Å²) in [5.41, 5.74) is 6.81. The van der Waals surface area contributed by atoms with Crippen LogP contribution in [-0.2, 0) is 11.3 Å². The first-order chi connectivity index (χ1) is 8.56. The minimum absolute atomic E-state index is 0.00427. The molecule has 0 saturated carbocycles. The fourth-order valence-corrected chi connectivity index (χ4v) is 2.71. The van der Waals surface area contributed by atoms with Crippen LogP contribution in [0.15, 0.2) is 11.4 Å². The van der Waals surface area contributed by atoms with Crippen LogP contribution in [-0.4, -0.2) is 41.7 Å². The Balaban J connectivity index is 1.94. The second kappa shape index (κ2) is 5.75. The van der Waals surface area contributed by atoms with Gasteiger partial charge < -0.3 is 10.5 Å². The summed E-state index contributed by atoms with van der Waals surface area (Å²) in [6.07, 6.45) is 0.0485. The van der Waals surface area contributed by atoms with Crippen LogP contribution < -0.4 is 5.73 Å². The van der Waals surface area contributed by atoms with Crippen LogP contribution in [0.4, 0.5) is 5.00 Å². The van der Waals surface area contributed by atoms with E-state index in [9.17, 15) is 10.1 Å². The van der Waals surface area contributed by atoms with Gasteiger partial charge in [-0.25, -0.2) is 0 Å². The van der Waals surface area contributed by atoms with E-state index in [1.54, 1.807) is 6.07 Å². The van der Waals surface area contributed by atoms with E-state index in [4.69, 9.17) is 10.5 Å². The van der Waals surface area contributed by atoms with Gasteiger partial charge in [0.25, 0.3) is 0 Å². The molecule has 2 rings (SSSR count). The van der Waals surface area contributed by atoms with Crippen LogP contribution in [0.1, 0.15) is 12.5 Å². The third-order valence-corrected chi connectivity index (χ3v) is 3.92. The van der Waals surface area contributed by atoms with E-state index in [0.29, 0.717) is 6.61 Å². The van der Waals surface area contributed by atoms with E-state index in [2.05, 4.69) is 4.90 Å². The van der Waals surface area contributed by atoms with Gasteiger partial charge in [-0.05, 0) is 12.5 Å². The van der Waals surface area contributed by atoms with Gasteiger partial charge >= 0.3 is 5.00 Å². The third kappa shape index (κ3) is 3.26. The maximum atomic E-state index is 10.6. The van der Waals surface area contributed by atoms with Crippen LogP contribution in [0.5, 0.6) is 0 Å². The molecule has 2 atom stereocenters. The summed E-state index contributed by atoms with van der Waals surface area (Å²) in [6, 6.07) is 1.64. The first-order valence-corrected chi connectivity index (χ1v) is 6.75. The quantitative estimate of drug-likeness (QED) is 0.657. The Morgan fingerprint density at radius 1 is 1.78 bits per heavy atom. The molecule has 0 aromatic carbocycles. The molecule has 18 heavy (non-hydrogen) atoms. The molecule has 1 aliphatic rings. The highest BCUT2D eigenvalue weighted by molar-refractivity contribution is 7.13. The van der Waals surface area contributed by atoms with Gasteiger partial charge in [-0.3, -0.25) is 15.0 Å². The van der Waals surface area contributed by atoms with E-state index in [-0.39, 0.29) is 22.1 Å². The molecule has 2 unspecified atom stereocenters. The zero-order chi connectivity index (χ0) is 13.1. The van der Waals surface area contributed by atoms with Crippen molar-refractivity contribution in [3.05, 3.63) is 27.1 Å². The van der Waals surface area contributed by atoms with Gasteiger partial charge in [0.05, 0.1) is 17.6 Å². The summed E-state index contributed by atoms with van der Waals surface area (Å²) in [7, 11) is 0. The lowest BCUT2D eigenvalue weighted by molar-refractivity contribution is -0.380. The number of nitrogens with two attached hydrogens (primary N) is 1. The van der Waals surface area contributed by atoms with Crippen LogP contribution in [0.2, 0.25) is 0 Å². The molecular formula is C11H17N3O3S. The molecular weight excluding hydrogens is 254 g/mol. The summed E-state index contributed by atoms with van der Waals surface area (Å²) >= 11 is 1.17. The molecule has 0 bridgehead atoms. The second-order valence-corrected chi connectivity index (χ2v) is 5.44. The Hall–Kier alpha value is -1.02. The number of rotatable bonds is 4. The van der Waals surface area contributed by atoms with Gasteiger partial charge in [0.1, 0.15) is 0 Å². The topological polar surface area (TPSA) is 81.6 Å². The van der Waals surface area contributed by atoms with Crippen LogP contribution in [0, 0.1) is 10.1 Å². The maximum absolute atomic E-state index is 10.6. The van der Waals surface area contributed by atoms with Gasteiger partial charge in [0.15, 0.2) is 0 Å². The van der Waals surface area contributed by atoms with E-state index in [1.807, 2.05) is 12.3 Å². The zero-order valence-electron chi connectivity index (χ0n) is 10.2. The van der Waals surface area contributed by atoms with E-state index in [0.717, 1.165) is 25.2 Å². The number of nitro groups is 1. The van der Waals surface area contributed by atoms with Gasteiger partial charge in [-0.2, -0.15) is 0 Å². The van der Waals surface area contributed by atoms with Gasteiger partial charge in [0.2, 0.25) is 0 Å². The largest absolute Gasteiger partial charge is 0.374 e. The van der Waals surface area contributed by atoms with Crippen molar-refractivity contribution in [2.75, 3.05) is 19.7 Å². The number of thiophene rings is 1. The third-order valence-electron chi connectivity index (χ3n) is 2.99. The maximum Gasteiger partial charge on any atom is 0.324 e. The summed E-state index contributed by atoms with van der Waals surface area (Å²) in [5, 5.41) is 12.7. The van der Waals surface area contributed by atoms with Crippen molar-refractivity contribution in [2.45, 2.75) is 25.6 Å². The minimum atomic E-state index is -0.349. The highest BCUT2D eigenvalue weighted by atomic mass is 32.1. The van der Waals surface area contributed by atoms with Crippen molar-refractivity contribution < 1.29 is 9.66 Å². The highest BCUT2D eigenvalue weighted by Gasteiger charge is 2.24. The lowest BCUT2D eigenvalue weighted by Crippen LogP contribution is -2.49. The van der Waals surface area contributed by atoms with E-state index < -0.39 is 0 Å². The second-order valence-electron chi connectivity index (χ2n) is 4.55. The van der Waals surface area contributed by atoms with Crippen molar-refractivity contribution in [1.82, 2.24) is 4.90 Å². The number of nitrogens with zero attached hydrogens (tertiary/aromatic N) is 2. The molecule has 1 aromatic heterocycles. The molecule has 100 valence electrons. The highest BCUT2D eigenvalue weighted by Crippen LogP contribution is 2.24. The predicted molar refractivity (Wildman–Crippen MR) is 69.6 cm³/mol. The Morgan fingerprint density at radius 2 is 2.56 bits per heavy atom. The predicted octanol–water partition coefficient (Wildman–Crippen LogP) is 1.20. The molecule has 2 N–H and O–H groups in total. The summed E-state index contributed by atoms with van der Waals surface area (Å²) in [5.74, 6) is 0. The molecule has 7 heteroatoms. The zero-order valence-corrected chi connectivity index (χ0v) is 11.1. The summed E-state index contributed by atoms with van der Waals surface area (Å²) in [4.78, 5) is 12.5. The lowest BCUT2D eigenvalue weighted by Gasteiger charge is -2.34. The smallest absolute Gasteiger partial charge is 0.324 e. The molecule has 6 nitrogen and oxygen atoms in total. The number of hydrogen-bond acceptors (Lipinski definition) is 6. The van der Waals surface area contributed by atoms with Gasteiger partial charge in [-0.1, -0.05) is 11.3 Å². The van der Waals surface area contributed by atoms with Gasteiger partial charge in [-0.15, -0.1) is 0 Å². The molecule has 0 spiro atoms. The van der Waals surface area contributed by atoms with Crippen molar-refractivity contribution in [3.8, 4) is 0 Å². The molecule has 1 aliphatic heterocycles. The molecule has 2 heterocycles. The standard InChI is InChI=1S/C11H17N3O3S/c1-8(12)10-6-13(2-3-17-10)5-9-4-11(14(15)16)18-7-9/h4,7-8,10H,2-3,5-6,12H2,1H3. The van der Waals surface area contributed by atoms with Crippen molar-refractivity contribution in [3.63, 3.8) is 0 Å². The minimum Gasteiger partial charge on any atom is -0.374 e. The lowest BCUT2D eigenvalue weighted by atomic mass is 10.1. The normalized spacial score (nSPS) is 22.9. The molecule has 0 radical (unpaired) electrons. The summed E-state index contributed by atoms with van der Waals surface area (Å²) in [6.45, 7) is 4.94. The fourth-order valence-electron chi connectivity index (χ4n) is 1.99. The van der Waals surface area contributed by atoms with E-state index in [1.165, 1.54) is 11.3 Å². The van der Waals surface area contributed by atoms with E-state index >= 15 is 0 Å². The SMILES string of the molecule is CC(N)C1CN(Cc2csc([N+](=O)[O-])c2)CCO1. The Bertz CT molecular complexity index is 421. The molecule has 0 amide bonds. The van der Waals surface area contributed by atoms with Crippen molar-refractivity contribution in [1.29, 1.82) is 0 Å².